The minimum atomic E-state index is 0.671. The van der Waals surface area contributed by atoms with Crippen LogP contribution in [0.25, 0.3) is 10.9 Å². The second-order valence-electron chi connectivity index (χ2n) is 2.82. The number of halogens is 1. The SMILES string of the molecule is Cc1nc(=S)c2cc(I)ccc2[nH]1. The van der Waals surface area contributed by atoms with Gasteiger partial charge in [0.05, 0.1) is 0 Å². The van der Waals surface area contributed by atoms with Crippen LogP contribution in [0.1, 0.15) is 5.82 Å². The van der Waals surface area contributed by atoms with Crippen molar-refractivity contribution in [3.63, 3.8) is 0 Å². The van der Waals surface area contributed by atoms with Crippen LogP contribution in [0.3, 0.4) is 0 Å². The molecule has 1 heterocycles. The van der Waals surface area contributed by atoms with Crippen LogP contribution in [0.4, 0.5) is 0 Å². The highest BCUT2D eigenvalue weighted by atomic mass is 127. The summed E-state index contributed by atoms with van der Waals surface area (Å²) in [5.74, 6) is 0.860. The standard InChI is InChI=1S/C9H7IN2S/c1-5-11-8-3-2-6(10)4-7(8)9(13)12-5/h2-4H,1H3,(H,11,12,13). The van der Waals surface area contributed by atoms with E-state index < -0.39 is 0 Å². The Hall–Kier alpha value is -0.490. The van der Waals surface area contributed by atoms with Crippen molar-refractivity contribution >= 4 is 45.7 Å². The number of aromatic nitrogens is 2. The number of nitrogens with one attached hydrogen (secondary N) is 1. The Labute approximate surface area is 94.5 Å². The molecule has 0 radical (unpaired) electrons. The lowest BCUT2D eigenvalue weighted by Gasteiger charge is -2.00. The average molecular weight is 302 g/mol. The fraction of sp³-hybridized carbons (Fsp3) is 0.111. The molecule has 1 N–H and O–H groups in total. The van der Waals surface area contributed by atoms with E-state index in [0.29, 0.717) is 4.64 Å². The molecule has 0 aliphatic heterocycles. The highest BCUT2D eigenvalue weighted by molar-refractivity contribution is 14.1. The van der Waals surface area contributed by atoms with Crippen LogP contribution < -0.4 is 0 Å². The third kappa shape index (κ3) is 1.73. The lowest BCUT2D eigenvalue weighted by Crippen LogP contribution is -1.89. The van der Waals surface area contributed by atoms with Crippen molar-refractivity contribution in [1.29, 1.82) is 0 Å². The first-order valence-electron chi connectivity index (χ1n) is 3.83. The van der Waals surface area contributed by atoms with Crippen molar-refractivity contribution in [1.82, 2.24) is 9.97 Å². The smallest absolute Gasteiger partial charge is 0.137 e. The van der Waals surface area contributed by atoms with Gasteiger partial charge in [-0.15, -0.1) is 0 Å². The Kier molecular flexibility index (Phi) is 2.33. The first-order valence-corrected chi connectivity index (χ1v) is 5.32. The number of nitrogens with zero attached hydrogens (tertiary/aromatic N) is 1. The number of H-pyrrole nitrogens is 1. The van der Waals surface area contributed by atoms with Crippen LogP contribution in [-0.4, -0.2) is 9.97 Å². The molecule has 0 aliphatic rings. The van der Waals surface area contributed by atoms with Gasteiger partial charge in [-0.25, -0.2) is 4.98 Å². The molecule has 0 fully saturated rings. The van der Waals surface area contributed by atoms with Crippen LogP contribution in [-0.2, 0) is 0 Å². The van der Waals surface area contributed by atoms with Crippen LogP contribution >= 0.6 is 34.8 Å². The average Bonchev–Trinajstić information content (AvgIpc) is 2.06. The molecule has 0 bridgehead atoms. The van der Waals surface area contributed by atoms with Crippen molar-refractivity contribution in [3.8, 4) is 0 Å². The number of hydrogen-bond donors (Lipinski definition) is 1. The van der Waals surface area contributed by atoms with E-state index in [1.165, 1.54) is 3.57 Å². The zero-order valence-corrected chi connectivity index (χ0v) is 9.94. The summed E-state index contributed by atoms with van der Waals surface area (Å²) < 4.78 is 1.85. The van der Waals surface area contributed by atoms with Crippen molar-refractivity contribution < 1.29 is 0 Å². The summed E-state index contributed by atoms with van der Waals surface area (Å²) in [6.07, 6.45) is 0. The zero-order valence-electron chi connectivity index (χ0n) is 6.97. The van der Waals surface area contributed by atoms with E-state index in [9.17, 15) is 0 Å². The Morgan fingerprint density at radius 2 is 2.23 bits per heavy atom. The number of aromatic amines is 1. The summed E-state index contributed by atoms with van der Waals surface area (Å²) in [6, 6.07) is 6.12. The van der Waals surface area contributed by atoms with Gasteiger partial charge >= 0.3 is 0 Å². The predicted octanol–water partition coefficient (Wildman–Crippen LogP) is 3.21. The summed E-state index contributed by atoms with van der Waals surface area (Å²) in [6.45, 7) is 1.91. The molecule has 2 rings (SSSR count). The molecule has 0 amide bonds. The molecule has 0 spiro atoms. The molecule has 0 atom stereocenters. The van der Waals surface area contributed by atoms with Gasteiger partial charge in [0.25, 0.3) is 0 Å². The highest BCUT2D eigenvalue weighted by Crippen LogP contribution is 2.16. The molecule has 1 aromatic heterocycles. The molecule has 0 saturated heterocycles. The van der Waals surface area contributed by atoms with E-state index in [-0.39, 0.29) is 0 Å². The van der Waals surface area contributed by atoms with Crippen molar-refractivity contribution in [2.45, 2.75) is 6.92 Å². The molecule has 66 valence electrons. The van der Waals surface area contributed by atoms with Gasteiger partial charge in [0.2, 0.25) is 0 Å². The number of aryl methyl sites for hydroxylation is 1. The summed E-state index contributed by atoms with van der Waals surface area (Å²) in [7, 11) is 0. The van der Waals surface area contributed by atoms with Crippen LogP contribution in [0.15, 0.2) is 18.2 Å². The molecular weight excluding hydrogens is 295 g/mol. The zero-order chi connectivity index (χ0) is 9.42. The fourth-order valence-electron chi connectivity index (χ4n) is 1.24. The van der Waals surface area contributed by atoms with Gasteiger partial charge in [0.15, 0.2) is 0 Å². The first-order chi connectivity index (χ1) is 6.16. The number of fused-ring (bicyclic) bond motifs is 1. The topological polar surface area (TPSA) is 28.7 Å². The quantitative estimate of drug-likeness (QED) is 0.598. The lowest BCUT2D eigenvalue weighted by atomic mass is 10.2. The summed E-state index contributed by atoms with van der Waals surface area (Å²) in [5, 5.41) is 1.02. The fourth-order valence-corrected chi connectivity index (χ4v) is 2.03. The van der Waals surface area contributed by atoms with Crippen LogP contribution in [0, 0.1) is 15.1 Å². The van der Waals surface area contributed by atoms with Crippen molar-refractivity contribution in [2.24, 2.45) is 0 Å². The van der Waals surface area contributed by atoms with Crippen LogP contribution in [0.5, 0.6) is 0 Å². The third-order valence-electron chi connectivity index (χ3n) is 1.80. The summed E-state index contributed by atoms with van der Waals surface area (Å²) in [5.41, 5.74) is 1.05. The molecule has 2 aromatic rings. The normalized spacial score (nSPS) is 10.6. The third-order valence-corrected chi connectivity index (χ3v) is 2.78. The largest absolute Gasteiger partial charge is 0.343 e. The number of hydrogen-bond acceptors (Lipinski definition) is 2. The molecule has 0 aliphatic carbocycles. The monoisotopic (exact) mass is 302 g/mol. The Balaban J connectivity index is 2.95. The molecule has 0 saturated carbocycles. The van der Waals surface area contributed by atoms with Gasteiger partial charge in [0, 0.05) is 14.5 Å². The van der Waals surface area contributed by atoms with E-state index in [2.05, 4.69) is 32.6 Å². The van der Waals surface area contributed by atoms with Crippen LogP contribution in [0.2, 0.25) is 0 Å². The van der Waals surface area contributed by atoms with Gasteiger partial charge in [-0.05, 0) is 47.7 Å². The minimum absolute atomic E-state index is 0.671. The van der Waals surface area contributed by atoms with E-state index in [1.54, 1.807) is 0 Å². The number of rotatable bonds is 0. The van der Waals surface area contributed by atoms with Gasteiger partial charge in [-0.2, -0.15) is 0 Å². The molecule has 4 heteroatoms. The first kappa shape index (κ1) is 9.08. The molecule has 13 heavy (non-hydrogen) atoms. The Bertz CT molecular complexity index is 518. The minimum Gasteiger partial charge on any atom is -0.343 e. The maximum Gasteiger partial charge on any atom is 0.137 e. The summed E-state index contributed by atoms with van der Waals surface area (Å²) in [4.78, 5) is 7.38. The Morgan fingerprint density at radius 3 is 3.00 bits per heavy atom. The lowest BCUT2D eigenvalue weighted by molar-refractivity contribution is 1.08. The number of benzene rings is 1. The predicted molar refractivity (Wildman–Crippen MR) is 64.4 cm³/mol. The van der Waals surface area contributed by atoms with Crippen molar-refractivity contribution in [2.75, 3.05) is 0 Å². The van der Waals surface area contributed by atoms with E-state index >= 15 is 0 Å². The van der Waals surface area contributed by atoms with E-state index in [0.717, 1.165) is 16.7 Å². The maximum absolute atomic E-state index is 5.17. The van der Waals surface area contributed by atoms with Gasteiger partial charge < -0.3 is 4.98 Å². The molecular formula is C9H7IN2S. The van der Waals surface area contributed by atoms with E-state index in [1.807, 2.05) is 25.1 Å². The molecule has 2 nitrogen and oxygen atoms in total. The second kappa shape index (κ2) is 3.34. The maximum atomic E-state index is 5.17. The highest BCUT2D eigenvalue weighted by Gasteiger charge is 1.98. The Morgan fingerprint density at radius 1 is 1.46 bits per heavy atom. The molecule has 1 aromatic carbocycles. The second-order valence-corrected chi connectivity index (χ2v) is 4.45. The summed E-state index contributed by atoms with van der Waals surface area (Å²) >= 11 is 7.43. The van der Waals surface area contributed by atoms with E-state index in [4.69, 9.17) is 12.2 Å². The van der Waals surface area contributed by atoms with Gasteiger partial charge in [-0.1, -0.05) is 12.2 Å². The van der Waals surface area contributed by atoms with Gasteiger partial charge in [-0.3, -0.25) is 0 Å². The van der Waals surface area contributed by atoms with Crippen molar-refractivity contribution in [3.05, 3.63) is 32.2 Å². The molecule has 0 unspecified atom stereocenters. The van der Waals surface area contributed by atoms with Gasteiger partial charge in [0.1, 0.15) is 10.5 Å².